The molecular formula is C13H17NO2. The van der Waals surface area contributed by atoms with Crippen LogP contribution in [0.4, 0.5) is 0 Å². The lowest BCUT2D eigenvalue weighted by molar-refractivity contribution is -0.149. The number of hydrogen-bond acceptors (Lipinski definition) is 3. The summed E-state index contributed by atoms with van der Waals surface area (Å²) in [4.78, 5) is 11.7. The molecule has 16 heavy (non-hydrogen) atoms. The van der Waals surface area contributed by atoms with Gasteiger partial charge in [0.05, 0.1) is 11.3 Å². The van der Waals surface area contributed by atoms with Gasteiger partial charge in [-0.3, -0.25) is 0 Å². The van der Waals surface area contributed by atoms with Gasteiger partial charge < -0.3 is 10.1 Å². The van der Waals surface area contributed by atoms with Crippen molar-refractivity contribution >= 4 is 5.97 Å². The molecule has 1 aliphatic heterocycles. The van der Waals surface area contributed by atoms with E-state index < -0.39 is 11.6 Å². The molecule has 0 aromatic carbocycles. The minimum Gasteiger partial charge on any atom is -0.456 e. The Kier molecular flexibility index (Phi) is 3.72. The van der Waals surface area contributed by atoms with E-state index in [0.29, 0.717) is 11.3 Å². The average Bonchev–Trinajstić information content (AvgIpc) is 2.41. The molecule has 0 radical (unpaired) electrons. The smallest absolute Gasteiger partial charge is 0.340 e. The number of nitrogens with one attached hydrogen (secondary N) is 1. The lowest BCUT2D eigenvalue weighted by Crippen LogP contribution is -2.26. The molecule has 0 atom stereocenters. The Morgan fingerprint density at radius 2 is 2.00 bits per heavy atom. The third kappa shape index (κ3) is 3.77. The fourth-order valence-electron chi connectivity index (χ4n) is 1.09. The van der Waals surface area contributed by atoms with Gasteiger partial charge in [0.15, 0.2) is 0 Å². The largest absolute Gasteiger partial charge is 0.456 e. The van der Waals surface area contributed by atoms with Crippen molar-refractivity contribution in [3.8, 4) is 0 Å². The summed E-state index contributed by atoms with van der Waals surface area (Å²) in [5.41, 5.74) is 0.474. The van der Waals surface area contributed by atoms with Crippen LogP contribution >= 0.6 is 0 Å². The molecule has 0 saturated carbocycles. The summed E-state index contributed by atoms with van der Waals surface area (Å²) >= 11 is 0. The number of ether oxygens (including phenoxy) is 1. The predicted molar refractivity (Wildman–Crippen MR) is 64.5 cm³/mol. The van der Waals surface area contributed by atoms with Gasteiger partial charge >= 0.3 is 5.97 Å². The summed E-state index contributed by atoms with van der Waals surface area (Å²) in [6, 6.07) is 0. The summed E-state index contributed by atoms with van der Waals surface area (Å²) in [5.74, 6) is -0.407. The van der Waals surface area contributed by atoms with Gasteiger partial charge in [0.2, 0.25) is 0 Å². The van der Waals surface area contributed by atoms with E-state index in [4.69, 9.17) is 4.74 Å². The van der Waals surface area contributed by atoms with Crippen LogP contribution < -0.4 is 5.32 Å². The molecule has 0 fully saturated rings. The van der Waals surface area contributed by atoms with Crippen molar-refractivity contribution in [1.29, 1.82) is 0 Å². The monoisotopic (exact) mass is 219 g/mol. The number of carbonyl (C=O) groups excluding carboxylic acids is 1. The first-order valence-electron chi connectivity index (χ1n) is 5.13. The lowest BCUT2D eigenvalue weighted by Gasteiger charge is -2.20. The van der Waals surface area contributed by atoms with Gasteiger partial charge in [-0.05, 0) is 32.9 Å². The summed E-state index contributed by atoms with van der Waals surface area (Å²) in [6.45, 7) is 9.21. The van der Waals surface area contributed by atoms with E-state index in [9.17, 15) is 4.79 Å². The maximum absolute atomic E-state index is 11.7. The van der Waals surface area contributed by atoms with E-state index in [1.165, 1.54) is 0 Å². The number of carbonyl (C=O) groups is 1. The minimum absolute atomic E-state index is 0.325. The van der Waals surface area contributed by atoms with Crippen LogP contribution in [0.2, 0.25) is 0 Å². The molecule has 1 heterocycles. The Balaban J connectivity index is 2.71. The van der Waals surface area contributed by atoms with Crippen LogP contribution in [0.15, 0.2) is 48.4 Å². The molecule has 3 heteroatoms. The van der Waals surface area contributed by atoms with Crippen molar-refractivity contribution in [2.24, 2.45) is 0 Å². The Morgan fingerprint density at radius 3 is 2.62 bits per heavy atom. The van der Waals surface area contributed by atoms with E-state index in [0.717, 1.165) is 0 Å². The number of allylic oxidation sites excluding steroid dienone is 4. The van der Waals surface area contributed by atoms with Crippen LogP contribution in [0.25, 0.3) is 0 Å². The third-order valence-corrected chi connectivity index (χ3v) is 1.79. The van der Waals surface area contributed by atoms with Crippen molar-refractivity contribution in [1.82, 2.24) is 5.32 Å². The van der Waals surface area contributed by atoms with Crippen LogP contribution in [0, 0.1) is 0 Å². The van der Waals surface area contributed by atoms with E-state index in [2.05, 4.69) is 11.9 Å². The number of hydrogen-bond donors (Lipinski definition) is 1. The van der Waals surface area contributed by atoms with Gasteiger partial charge in [0.1, 0.15) is 5.60 Å². The van der Waals surface area contributed by atoms with E-state index in [1.807, 2.05) is 39.0 Å². The van der Waals surface area contributed by atoms with Crippen LogP contribution in [0.3, 0.4) is 0 Å². The quantitative estimate of drug-likeness (QED) is 0.572. The molecule has 0 bridgehead atoms. The topological polar surface area (TPSA) is 38.3 Å². The maximum Gasteiger partial charge on any atom is 0.340 e. The van der Waals surface area contributed by atoms with Crippen LogP contribution in [-0.2, 0) is 9.53 Å². The maximum atomic E-state index is 11.7. The van der Waals surface area contributed by atoms with Crippen molar-refractivity contribution in [3.63, 3.8) is 0 Å². The van der Waals surface area contributed by atoms with E-state index >= 15 is 0 Å². The predicted octanol–water partition coefficient (Wildman–Crippen LogP) is 2.44. The second-order valence-corrected chi connectivity index (χ2v) is 4.45. The summed E-state index contributed by atoms with van der Waals surface area (Å²) in [6.07, 6.45) is 9.06. The first kappa shape index (κ1) is 12.3. The Hall–Kier alpha value is -1.77. The Morgan fingerprint density at radius 1 is 1.31 bits per heavy atom. The van der Waals surface area contributed by atoms with Crippen molar-refractivity contribution < 1.29 is 9.53 Å². The van der Waals surface area contributed by atoms with E-state index in [-0.39, 0.29) is 0 Å². The van der Waals surface area contributed by atoms with Gasteiger partial charge in [-0.15, -0.1) is 0 Å². The summed E-state index contributed by atoms with van der Waals surface area (Å²) in [7, 11) is 0. The SMILES string of the molecule is C=C(C(=O)OC(C)(C)C)C1=CC=CC=CN1. The standard InChI is InChI=1S/C13H17NO2/c1-10(12(15)16-13(2,3)4)11-8-6-5-7-9-14-11/h5-9,14H,1H2,2-4H3. The molecule has 0 aromatic heterocycles. The third-order valence-electron chi connectivity index (χ3n) is 1.79. The molecular weight excluding hydrogens is 202 g/mol. The van der Waals surface area contributed by atoms with Crippen molar-refractivity contribution in [2.45, 2.75) is 26.4 Å². The highest BCUT2D eigenvalue weighted by molar-refractivity contribution is 5.92. The molecule has 0 aromatic rings. The highest BCUT2D eigenvalue weighted by Gasteiger charge is 2.20. The first-order chi connectivity index (χ1) is 7.40. The molecule has 0 amide bonds. The Bertz CT molecular complexity index is 381. The highest BCUT2D eigenvalue weighted by atomic mass is 16.6. The van der Waals surface area contributed by atoms with Gasteiger partial charge in [-0.2, -0.15) is 0 Å². The summed E-state index contributed by atoms with van der Waals surface area (Å²) < 4.78 is 5.23. The van der Waals surface area contributed by atoms with Crippen molar-refractivity contribution in [2.75, 3.05) is 0 Å². The zero-order valence-electron chi connectivity index (χ0n) is 9.91. The van der Waals surface area contributed by atoms with Gasteiger partial charge in [-0.25, -0.2) is 4.79 Å². The fourth-order valence-corrected chi connectivity index (χ4v) is 1.09. The molecule has 1 aliphatic rings. The summed E-state index contributed by atoms with van der Waals surface area (Å²) in [5, 5.41) is 2.97. The number of rotatable bonds is 2. The second-order valence-electron chi connectivity index (χ2n) is 4.45. The van der Waals surface area contributed by atoms with Crippen LogP contribution in [0.1, 0.15) is 20.8 Å². The van der Waals surface area contributed by atoms with E-state index in [1.54, 1.807) is 12.3 Å². The van der Waals surface area contributed by atoms with Crippen LogP contribution in [-0.4, -0.2) is 11.6 Å². The zero-order valence-corrected chi connectivity index (χ0v) is 9.91. The second kappa shape index (κ2) is 4.84. The van der Waals surface area contributed by atoms with Gasteiger partial charge in [-0.1, -0.05) is 18.7 Å². The van der Waals surface area contributed by atoms with Crippen molar-refractivity contribution in [3.05, 3.63) is 48.4 Å². The Labute approximate surface area is 96.2 Å². The fraction of sp³-hybridized carbons (Fsp3) is 0.308. The average molecular weight is 219 g/mol. The van der Waals surface area contributed by atoms with Gasteiger partial charge in [0, 0.05) is 6.20 Å². The van der Waals surface area contributed by atoms with Crippen LogP contribution in [0.5, 0.6) is 0 Å². The molecule has 0 unspecified atom stereocenters. The molecule has 86 valence electrons. The molecule has 1 N–H and O–H groups in total. The molecule has 0 aliphatic carbocycles. The molecule has 0 saturated heterocycles. The molecule has 0 spiro atoms. The first-order valence-corrected chi connectivity index (χ1v) is 5.13. The minimum atomic E-state index is -0.503. The normalized spacial score (nSPS) is 14.8. The molecule has 1 rings (SSSR count). The lowest BCUT2D eigenvalue weighted by atomic mass is 10.1. The van der Waals surface area contributed by atoms with Gasteiger partial charge in [0.25, 0.3) is 0 Å². The molecule has 3 nitrogen and oxygen atoms in total. The number of esters is 1. The zero-order chi connectivity index (χ0) is 12.2. The highest BCUT2D eigenvalue weighted by Crippen LogP contribution is 2.14.